The number of alkyl halides is 15. The third-order valence-electron chi connectivity index (χ3n) is 3.38. The second-order valence-electron chi connectivity index (χ2n) is 5.38. The van der Waals surface area contributed by atoms with Crippen molar-refractivity contribution in [3.05, 3.63) is 6.92 Å². The van der Waals surface area contributed by atoms with Crippen LogP contribution in [0.1, 0.15) is 25.7 Å². The molecule has 0 aromatic rings. The van der Waals surface area contributed by atoms with Crippen molar-refractivity contribution in [3.63, 3.8) is 0 Å². The van der Waals surface area contributed by atoms with Gasteiger partial charge in [-0.3, -0.25) is 0 Å². The molecule has 0 unspecified atom stereocenters. The van der Waals surface area contributed by atoms with E-state index >= 15 is 0 Å². The van der Waals surface area contributed by atoms with Crippen LogP contribution in [0.25, 0.3) is 0 Å². The van der Waals surface area contributed by atoms with E-state index in [1.807, 2.05) is 0 Å². The van der Waals surface area contributed by atoms with Crippen LogP contribution in [0.3, 0.4) is 0 Å². The van der Waals surface area contributed by atoms with E-state index in [0.717, 1.165) is 0 Å². The highest BCUT2D eigenvalue weighted by molar-refractivity contribution is 5.12. The van der Waals surface area contributed by atoms with Crippen LogP contribution >= 0.6 is 0 Å². The van der Waals surface area contributed by atoms with Crippen LogP contribution in [0.15, 0.2) is 0 Å². The Hall–Kier alpha value is -1.05. The molecular weight excluding hydrogens is 429 g/mol. The van der Waals surface area contributed by atoms with Crippen LogP contribution in [-0.2, 0) is 0 Å². The van der Waals surface area contributed by atoms with E-state index < -0.39 is 61.0 Å². The van der Waals surface area contributed by atoms with Gasteiger partial charge in [-0.1, -0.05) is 19.8 Å². The topological polar surface area (TPSA) is 0 Å². The van der Waals surface area contributed by atoms with E-state index in [0.29, 0.717) is 0 Å². The fraction of sp³-hybridized carbons (Fsp3) is 0.917. The molecule has 0 saturated carbocycles. The third kappa shape index (κ3) is 3.78. The quantitative estimate of drug-likeness (QED) is 0.275. The minimum Gasteiger partial charge on any atom is -0.200 e. The van der Waals surface area contributed by atoms with Gasteiger partial charge in [0.2, 0.25) is 0 Å². The van der Waals surface area contributed by atoms with Crippen molar-refractivity contribution in [2.24, 2.45) is 0 Å². The lowest BCUT2D eigenvalue weighted by Gasteiger charge is -2.41. The zero-order chi connectivity index (χ0) is 22.3. The van der Waals surface area contributed by atoms with Crippen molar-refractivity contribution in [3.8, 4) is 0 Å². The van der Waals surface area contributed by atoms with Crippen LogP contribution in [-0.4, -0.2) is 41.7 Å². The number of unbranched alkanes of at least 4 members (excludes halogenated alkanes) is 2. The predicted molar refractivity (Wildman–Crippen MR) is 59.6 cm³/mol. The van der Waals surface area contributed by atoms with E-state index in [2.05, 4.69) is 6.92 Å². The minimum absolute atomic E-state index is 0.204. The van der Waals surface area contributed by atoms with Crippen LogP contribution < -0.4 is 0 Å². The maximum absolute atomic E-state index is 13.3. The first kappa shape index (κ1) is 26.0. The van der Waals surface area contributed by atoms with E-state index in [-0.39, 0.29) is 6.42 Å². The summed E-state index contributed by atoms with van der Waals surface area (Å²) in [6.45, 7) is 3.05. The molecule has 0 heterocycles. The Morgan fingerprint density at radius 1 is 0.444 bits per heavy atom. The molecule has 27 heavy (non-hydrogen) atoms. The maximum Gasteiger partial charge on any atom is 0.460 e. The predicted octanol–water partition coefficient (Wildman–Crippen LogP) is 6.75. The van der Waals surface area contributed by atoms with Crippen molar-refractivity contribution in [1.82, 2.24) is 0 Å². The molecule has 1 radical (unpaired) electrons. The molecule has 15 heteroatoms. The highest BCUT2D eigenvalue weighted by Crippen LogP contribution is 2.62. The third-order valence-corrected chi connectivity index (χ3v) is 3.38. The van der Waals surface area contributed by atoms with Gasteiger partial charge in [0.25, 0.3) is 0 Å². The molecule has 0 N–H and O–H groups in total. The second-order valence-corrected chi connectivity index (χ2v) is 5.38. The molecule has 163 valence electrons. The average Bonchev–Trinajstić information content (AvgIpc) is 2.45. The van der Waals surface area contributed by atoms with Gasteiger partial charge in [-0.15, -0.1) is 0 Å². The summed E-state index contributed by atoms with van der Waals surface area (Å²) in [5.41, 5.74) is 0. The molecule has 0 saturated heterocycles. The van der Waals surface area contributed by atoms with Crippen LogP contribution in [0.5, 0.6) is 0 Å². The SMILES string of the molecule is [CH2]CCCCC(F)(F)C(F)(F)C(F)(F)C(F)(F)C(F)(F)C(F)(F)C(F)(F)F. The Kier molecular flexibility index (Phi) is 6.81. The lowest BCUT2D eigenvalue weighted by atomic mass is 9.89. The fourth-order valence-corrected chi connectivity index (χ4v) is 1.68. The normalized spacial score (nSPS) is 16.0. The molecule has 0 aliphatic heterocycles. The first-order valence-corrected chi connectivity index (χ1v) is 6.69. The molecule has 0 amide bonds. The van der Waals surface area contributed by atoms with Crippen molar-refractivity contribution in [2.45, 2.75) is 67.4 Å². The summed E-state index contributed by atoms with van der Waals surface area (Å²) in [5.74, 6) is -45.8. The summed E-state index contributed by atoms with van der Waals surface area (Å²) in [6.07, 6.45) is -11.5. The minimum atomic E-state index is -8.21. The fourth-order valence-electron chi connectivity index (χ4n) is 1.68. The molecule has 0 spiro atoms. The van der Waals surface area contributed by atoms with Crippen LogP contribution in [0.2, 0.25) is 0 Å². The van der Waals surface area contributed by atoms with E-state index in [4.69, 9.17) is 0 Å². The monoisotopic (exact) mass is 439 g/mol. The smallest absolute Gasteiger partial charge is 0.200 e. The zero-order valence-corrected chi connectivity index (χ0v) is 12.7. The van der Waals surface area contributed by atoms with Gasteiger partial charge in [0.15, 0.2) is 0 Å². The summed E-state index contributed by atoms with van der Waals surface area (Å²) in [5, 5.41) is 0. The van der Waals surface area contributed by atoms with Crippen LogP contribution in [0, 0.1) is 6.92 Å². The van der Waals surface area contributed by atoms with E-state index in [1.165, 1.54) is 0 Å². The molecule has 0 aromatic heterocycles. The Bertz CT molecular complexity index is 501. The molecule has 0 fully saturated rings. The van der Waals surface area contributed by atoms with Gasteiger partial charge < -0.3 is 0 Å². The largest absolute Gasteiger partial charge is 0.460 e. The lowest BCUT2D eigenvalue weighted by molar-refractivity contribution is -0.452. The summed E-state index contributed by atoms with van der Waals surface area (Å²) in [7, 11) is 0. The Labute approximate surface area is 141 Å². The summed E-state index contributed by atoms with van der Waals surface area (Å²) >= 11 is 0. The second kappa shape index (κ2) is 7.08. The first-order chi connectivity index (χ1) is 11.6. The molecule has 0 aliphatic carbocycles. The van der Waals surface area contributed by atoms with E-state index in [1.54, 1.807) is 0 Å². The summed E-state index contributed by atoms with van der Waals surface area (Å²) in [4.78, 5) is 0. The standard InChI is InChI=1S/C12H10F15/c1-2-3-4-5-6(13,14)7(15,16)8(17,18)9(19,20)10(21,22)11(23,24)12(25,26)27/h1-5H2. The maximum atomic E-state index is 13.3. The molecular formula is C12H10F15. The highest BCUT2D eigenvalue weighted by Gasteiger charge is 2.93. The number of rotatable bonds is 9. The molecule has 0 bridgehead atoms. The van der Waals surface area contributed by atoms with Gasteiger partial charge in [-0.2, -0.15) is 65.9 Å². The van der Waals surface area contributed by atoms with Gasteiger partial charge in [0.05, 0.1) is 0 Å². The zero-order valence-electron chi connectivity index (χ0n) is 12.7. The highest BCUT2D eigenvalue weighted by atomic mass is 19.4. The van der Waals surface area contributed by atoms with Crippen molar-refractivity contribution < 1.29 is 65.9 Å². The number of hydrogen-bond acceptors (Lipinski definition) is 0. The Morgan fingerprint density at radius 2 is 0.778 bits per heavy atom. The van der Waals surface area contributed by atoms with Crippen molar-refractivity contribution in [1.29, 1.82) is 0 Å². The summed E-state index contributed by atoms with van der Waals surface area (Å²) < 4.78 is 192. The van der Waals surface area contributed by atoms with Crippen molar-refractivity contribution >= 4 is 0 Å². The Morgan fingerprint density at radius 3 is 1.11 bits per heavy atom. The lowest BCUT2D eigenvalue weighted by Crippen LogP contribution is -2.72. The van der Waals surface area contributed by atoms with Gasteiger partial charge in [-0.25, -0.2) is 0 Å². The molecule has 0 nitrogen and oxygen atoms in total. The molecule has 0 atom stereocenters. The van der Waals surface area contributed by atoms with Gasteiger partial charge >= 0.3 is 41.7 Å². The number of hydrogen-bond donors (Lipinski definition) is 0. The average molecular weight is 439 g/mol. The van der Waals surface area contributed by atoms with E-state index in [9.17, 15) is 65.9 Å². The number of halogens is 15. The van der Waals surface area contributed by atoms with Gasteiger partial charge in [0, 0.05) is 6.42 Å². The molecule has 0 aliphatic rings. The summed E-state index contributed by atoms with van der Waals surface area (Å²) in [6, 6.07) is 0. The van der Waals surface area contributed by atoms with Crippen molar-refractivity contribution in [2.75, 3.05) is 0 Å². The molecule has 0 rings (SSSR count). The first-order valence-electron chi connectivity index (χ1n) is 6.69. The van der Waals surface area contributed by atoms with Crippen LogP contribution in [0.4, 0.5) is 65.9 Å². The Balaban J connectivity index is 6.23. The van der Waals surface area contributed by atoms with Gasteiger partial charge in [0.1, 0.15) is 0 Å². The molecule has 0 aromatic carbocycles. The van der Waals surface area contributed by atoms with Gasteiger partial charge in [-0.05, 0) is 6.42 Å².